The number of fused-ring (bicyclic) bond motifs is 1. The van der Waals surface area contributed by atoms with E-state index < -0.39 is 11.9 Å². The molecule has 53 heavy (non-hydrogen) atoms. The predicted molar refractivity (Wildman–Crippen MR) is 206 cm³/mol. The highest BCUT2D eigenvalue weighted by Crippen LogP contribution is 2.29. The molecular formula is C38H48ClN7O7. The number of hydrogen-bond donors (Lipinski definition) is 5. The predicted octanol–water partition coefficient (Wildman–Crippen LogP) is 5.23. The van der Waals surface area contributed by atoms with Gasteiger partial charge in [-0.25, -0.2) is 9.97 Å². The number of aromatic nitrogens is 4. The number of anilines is 1. The second-order valence-corrected chi connectivity index (χ2v) is 11.8. The highest BCUT2D eigenvalue weighted by Gasteiger charge is 2.23. The van der Waals surface area contributed by atoms with Crippen molar-refractivity contribution in [2.24, 2.45) is 11.7 Å². The first-order valence-electron chi connectivity index (χ1n) is 16.4. The number of Topliss-reactive ketones (excluding diaryl/α,β-unsaturated/α-hetero) is 1. The van der Waals surface area contributed by atoms with E-state index in [-0.39, 0.29) is 66.5 Å². The maximum Gasteiger partial charge on any atom is 0.317 e. The Morgan fingerprint density at radius 3 is 2.25 bits per heavy atom. The molecule has 2 atom stereocenters. The van der Waals surface area contributed by atoms with Crippen LogP contribution in [-0.4, -0.2) is 62.5 Å². The monoisotopic (exact) mass is 749 g/mol. The van der Waals surface area contributed by atoms with Crippen molar-refractivity contribution in [2.45, 2.75) is 73.3 Å². The normalized spacial score (nSPS) is 12.5. The van der Waals surface area contributed by atoms with Crippen LogP contribution in [0.15, 0.2) is 39.5 Å². The van der Waals surface area contributed by atoms with Crippen molar-refractivity contribution in [3.8, 4) is 30.6 Å². The summed E-state index contributed by atoms with van der Waals surface area (Å²) in [7, 11) is 0. The van der Waals surface area contributed by atoms with E-state index in [1.807, 2.05) is 19.9 Å². The van der Waals surface area contributed by atoms with Gasteiger partial charge in [-0.2, -0.15) is 4.98 Å². The number of aromatic hydroxyl groups is 1. The van der Waals surface area contributed by atoms with Gasteiger partial charge in [0.2, 0.25) is 11.6 Å². The molecule has 0 saturated carbocycles. The number of ketones is 1. The van der Waals surface area contributed by atoms with Gasteiger partial charge in [0.25, 0.3) is 5.56 Å². The van der Waals surface area contributed by atoms with Gasteiger partial charge in [0.15, 0.2) is 0 Å². The quantitative estimate of drug-likeness (QED) is 0.0489. The van der Waals surface area contributed by atoms with Crippen molar-refractivity contribution < 1.29 is 28.6 Å². The summed E-state index contributed by atoms with van der Waals surface area (Å²) < 4.78 is 15.6. The van der Waals surface area contributed by atoms with E-state index in [9.17, 15) is 19.5 Å². The zero-order valence-corrected chi connectivity index (χ0v) is 31.8. The highest BCUT2D eigenvalue weighted by molar-refractivity contribution is 5.98. The summed E-state index contributed by atoms with van der Waals surface area (Å²) in [6, 6.07) is 10.9. The number of terminal acetylenes is 2. The van der Waals surface area contributed by atoms with Crippen molar-refractivity contribution in [3.63, 3.8) is 0 Å². The van der Waals surface area contributed by atoms with Crippen LogP contribution >= 0.6 is 12.4 Å². The Kier molecular flexibility index (Phi) is 19.1. The Labute approximate surface area is 315 Å². The van der Waals surface area contributed by atoms with Crippen LogP contribution < -0.4 is 16.6 Å². The molecule has 3 aromatic heterocycles. The minimum absolute atomic E-state index is 0. The molecule has 0 radical (unpaired) electrons. The summed E-state index contributed by atoms with van der Waals surface area (Å²) in [6.45, 7) is 14.0. The fraction of sp³-hybridized carbons (Fsp3) is 0.395. The molecule has 1 aromatic carbocycles. The lowest BCUT2D eigenvalue weighted by Crippen LogP contribution is -2.25. The Balaban J connectivity index is 0.000000412. The number of nitrogens with one attached hydrogen (secondary N) is 3. The maximum absolute atomic E-state index is 11.1. The first kappa shape index (κ1) is 45.3. The number of H-pyrrole nitrogens is 1. The smallest absolute Gasteiger partial charge is 0.317 e. The second-order valence-electron chi connectivity index (χ2n) is 11.8. The van der Waals surface area contributed by atoms with Gasteiger partial charge in [0, 0.05) is 24.8 Å². The van der Waals surface area contributed by atoms with E-state index in [2.05, 4.69) is 73.0 Å². The molecule has 284 valence electrons. The van der Waals surface area contributed by atoms with Gasteiger partial charge in [0.1, 0.15) is 34.9 Å². The SMILES string of the molecule is C#CCC(C(C)=O)C(=O)OCC.C#CCc1c(O)nc(C)[nH]c1=O.CC(=N)N.Cc1nc(N[C@@H](C)c2ccc(C3COC3)cc2)c2cc(C)oc2n1.Cl. The number of aryl methyl sites for hydroxylation is 3. The molecule has 4 heterocycles. The molecule has 0 amide bonds. The Morgan fingerprint density at radius 1 is 1.13 bits per heavy atom. The van der Waals surface area contributed by atoms with Crippen LogP contribution in [0.1, 0.15) is 80.2 Å². The topological polar surface area (TPSA) is 219 Å². The number of benzene rings is 1. The molecule has 4 aromatic rings. The second kappa shape index (κ2) is 22.3. The van der Waals surface area contributed by atoms with Crippen molar-refractivity contribution in [3.05, 3.63) is 74.8 Å². The van der Waals surface area contributed by atoms with Crippen molar-refractivity contribution in [1.29, 1.82) is 5.41 Å². The number of halogens is 1. The maximum atomic E-state index is 11.1. The molecule has 15 heteroatoms. The van der Waals surface area contributed by atoms with E-state index in [1.165, 1.54) is 25.0 Å². The Morgan fingerprint density at radius 2 is 1.75 bits per heavy atom. The van der Waals surface area contributed by atoms with E-state index >= 15 is 0 Å². The summed E-state index contributed by atoms with van der Waals surface area (Å²) >= 11 is 0. The van der Waals surface area contributed by atoms with Crippen LogP contribution in [0.5, 0.6) is 5.88 Å². The lowest BCUT2D eigenvalue weighted by atomic mass is 9.95. The molecule has 5 rings (SSSR count). The third kappa shape index (κ3) is 14.4. The number of hydrogen-bond acceptors (Lipinski definition) is 12. The van der Waals surface area contributed by atoms with Crippen LogP contribution in [0.4, 0.5) is 5.82 Å². The number of aromatic amines is 1. The number of nitrogens with two attached hydrogens (primary N) is 1. The zero-order valence-electron chi connectivity index (χ0n) is 31.0. The first-order valence-corrected chi connectivity index (χ1v) is 16.4. The van der Waals surface area contributed by atoms with Gasteiger partial charge in [-0.3, -0.25) is 19.8 Å². The number of furan rings is 1. The average Bonchev–Trinajstić information content (AvgIpc) is 3.41. The molecule has 1 fully saturated rings. The third-order valence-electron chi connectivity index (χ3n) is 7.30. The third-order valence-corrected chi connectivity index (χ3v) is 7.30. The minimum atomic E-state index is -0.782. The van der Waals surface area contributed by atoms with E-state index in [0.717, 1.165) is 30.2 Å². The lowest BCUT2D eigenvalue weighted by molar-refractivity contribution is -0.150. The van der Waals surface area contributed by atoms with Gasteiger partial charge >= 0.3 is 5.97 Å². The van der Waals surface area contributed by atoms with E-state index in [4.69, 9.17) is 33.1 Å². The molecule has 1 aliphatic heterocycles. The zero-order chi connectivity index (χ0) is 39.0. The van der Waals surface area contributed by atoms with Gasteiger partial charge in [-0.15, -0.1) is 37.1 Å². The summed E-state index contributed by atoms with van der Waals surface area (Å²) in [5.41, 5.74) is 7.67. The largest absolute Gasteiger partial charge is 0.493 e. The molecule has 1 saturated heterocycles. The summed E-state index contributed by atoms with van der Waals surface area (Å²) in [5.74, 6) is 6.15. The fourth-order valence-corrected chi connectivity index (χ4v) is 4.64. The van der Waals surface area contributed by atoms with Gasteiger partial charge in [0.05, 0.1) is 36.6 Å². The Bertz CT molecular complexity index is 1970. The van der Waals surface area contributed by atoms with Crippen LogP contribution in [0.25, 0.3) is 11.1 Å². The number of carbonyl (C=O) groups is 2. The molecule has 1 unspecified atom stereocenters. The van der Waals surface area contributed by atoms with Gasteiger partial charge in [-0.05, 0) is 65.7 Å². The minimum Gasteiger partial charge on any atom is -0.493 e. The van der Waals surface area contributed by atoms with E-state index in [1.54, 1.807) is 13.8 Å². The van der Waals surface area contributed by atoms with Crippen molar-refractivity contribution in [1.82, 2.24) is 19.9 Å². The molecular weight excluding hydrogens is 702 g/mol. The number of ether oxygens (including phenoxy) is 2. The number of carbonyl (C=O) groups excluding carboxylic acids is 2. The molecule has 0 bridgehead atoms. The van der Waals surface area contributed by atoms with Crippen LogP contribution in [0.2, 0.25) is 0 Å². The standard InChI is InChI=1S/C19H21N3O2.C9H12O3.C8H8N2O2.C2H6N2.ClH/c1-11-8-17-18(21-13(3)22-19(17)24-11)20-12(2)14-4-6-15(7-5-14)16-9-23-10-16;1-4-6-8(7(3)10)9(11)12-5-2;1-3-4-6-7(11)9-5(2)10-8(6)12;1-2(3)4;/h4-8,12,16H,9-10H2,1-3H3,(H,20,21,22);1,8H,5-6H2,2-3H3;1H,4H2,2H3,(H2,9,10,11,12);1H3,(H3,3,4);1H/t12-;;;;/m0..../s1. The molecule has 1 aliphatic rings. The van der Waals surface area contributed by atoms with Crippen LogP contribution in [-0.2, 0) is 25.5 Å². The summed E-state index contributed by atoms with van der Waals surface area (Å²) in [6.07, 6.45) is 10.2. The average molecular weight is 750 g/mol. The molecule has 0 spiro atoms. The summed E-state index contributed by atoms with van der Waals surface area (Å²) in [5, 5.41) is 19.9. The number of esters is 1. The molecule has 6 N–H and O–H groups in total. The van der Waals surface area contributed by atoms with Crippen molar-refractivity contribution >= 4 is 46.9 Å². The molecule has 0 aliphatic carbocycles. The van der Waals surface area contributed by atoms with E-state index in [0.29, 0.717) is 23.3 Å². The Hall–Kier alpha value is -5.70. The summed E-state index contributed by atoms with van der Waals surface area (Å²) in [4.78, 5) is 48.0. The van der Waals surface area contributed by atoms with Crippen molar-refractivity contribution in [2.75, 3.05) is 25.1 Å². The fourth-order valence-electron chi connectivity index (χ4n) is 4.64. The lowest BCUT2D eigenvalue weighted by Gasteiger charge is -2.26. The number of amidine groups is 1. The number of nitrogens with zero attached hydrogens (tertiary/aromatic N) is 3. The van der Waals surface area contributed by atoms with Crippen LogP contribution in [0, 0.1) is 56.8 Å². The highest BCUT2D eigenvalue weighted by atomic mass is 35.5. The molecule has 14 nitrogen and oxygen atoms in total. The van der Waals surface area contributed by atoms with Gasteiger partial charge < -0.3 is 35.0 Å². The van der Waals surface area contributed by atoms with Crippen LogP contribution in [0.3, 0.4) is 0 Å². The van der Waals surface area contributed by atoms with Gasteiger partial charge in [-0.1, -0.05) is 24.3 Å². The number of rotatable bonds is 9. The first-order chi connectivity index (χ1) is 24.6.